The first-order chi connectivity index (χ1) is 14.5. The number of rotatable bonds is 1. The monoisotopic (exact) mass is 426 g/mol. The van der Waals surface area contributed by atoms with Crippen LogP contribution in [0.25, 0.3) is 0 Å². The Balaban J connectivity index is 1.53. The van der Waals surface area contributed by atoms with Crippen LogP contribution in [0.5, 0.6) is 0 Å². The molecule has 7 unspecified atom stereocenters. The molecule has 5 aliphatic rings. The van der Waals surface area contributed by atoms with E-state index in [-0.39, 0.29) is 23.5 Å². The summed E-state index contributed by atoms with van der Waals surface area (Å²) in [5.41, 5.74) is 1.80. The zero-order valence-electron chi connectivity index (χ0n) is 19.8. The van der Waals surface area contributed by atoms with Gasteiger partial charge >= 0.3 is 11.9 Å². The van der Waals surface area contributed by atoms with Crippen molar-refractivity contribution in [3.63, 3.8) is 0 Å². The van der Waals surface area contributed by atoms with Crippen LogP contribution in [-0.4, -0.2) is 18.0 Å². The van der Waals surface area contributed by atoms with Crippen molar-refractivity contribution in [1.82, 2.24) is 0 Å². The van der Waals surface area contributed by atoms with E-state index in [4.69, 9.17) is 9.47 Å². The van der Waals surface area contributed by atoms with Crippen LogP contribution >= 0.6 is 0 Å². The van der Waals surface area contributed by atoms with E-state index in [1.807, 2.05) is 0 Å². The zero-order chi connectivity index (χ0) is 22.2. The summed E-state index contributed by atoms with van der Waals surface area (Å²) < 4.78 is 11.3. The van der Waals surface area contributed by atoms with Crippen LogP contribution in [0.4, 0.5) is 0 Å². The van der Waals surface area contributed by atoms with E-state index in [0.29, 0.717) is 34.3 Å². The van der Waals surface area contributed by atoms with E-state index in [1.54, 1.807) is 6.08 Å². The minimum Gasteiger partial charge on any atom is -0.458 e. The van der Waals surface area contributed by atoms with E-state index in [1.165, 1.54) is 45.4 Å². The van der Waals surface area contributed by atoms with E-state index in [9.17, 15) is 9.59 Å². The SMILES string of the molecule is CC(=O)OC1CC2C(C=C3OC(=O)C=C31)CCC1C2(C)CCC2C(C)(C)CCCC21C. The number of carbonyl (C=O) groups excluding carboxylic acids is 2. The van der Waals surface area contributed by atoms with Gasteiger partial charge in [-0.1, -0.05) is 34.1 Å². The molecule has 1 aliphatic heterocycles. The van der Waals surface area contributed by atoms with E-state index in [2.05, 4.69) is 33.8 Å². The lowest BCUT2D eigenvalue weighted by molar-refractivity contribution is -0.176. The minimum atomic E-state index is -0.380. The maximum atomic E-state index is 12.0. The molecule has 4 nitrogen and oxygen atoms in total. The minimum absolute atomic E-state index is 0.222. The summed E-state index contributed by atoms with van der Waals surface area (Å²) in [5, 5.41) is 0. The molecule has 0 amide bonds. The second-order valence-corrected chi connectivity index (χ2v) is 12.2. The van der Waals surface area contributed by atoms with Gasteiger partial charge in [0, 0.05) is 18.6 Å². The average molecular weight is 427 g/mol. The Morgan fingerprint density at radius 1 is 1.03 bits per heavy atom. The zero-order valence-corrected chi connectivity index (χ0v) is 19.8. The molecule has 3 fully saturated rings. The Labute approximate surface area is 186 Å². The van der Waals surface area contributed by atoms with Crippen molar-refractivity contribution in [2.75, 3.05) is 0 Å². The van der Waals surface area contributed by atoms with Gasteiger partial charge in [0.1, 0.15) is 11.9 Å². The van der Waals surface area contributed by atoms with Gasteiger partial charge in [-0.15, -0.1) is 0 Å². The molecule has 0 saturated heterocycles. The molecule has 0 aromatic rings. The molecule has 1 heterocycles. The summed E-state index contributed by atoms with van der Waals surface area (Å²) in [5.74, 6) is 2.33. The first-order valence-electron chi connectivity index (χ1n) is 12.4. The number of ether oxygens (including phenoxy) is 2. The van der Waals surface area contributed by atoms with Crippen LogP contribution in [0.3, 0.4) is 0 Å². The fraction of sp³-hybridized carbons (Fsp3) is 0.778. The van der Waals surface area contributed by atoms with Gasteiger partial charge in [0.15, 0.2) is 0 Å². The highest BCUT2D eigenvalue weighted by atomic mass is 16.6. The number of hydrogen-bond acceptors (Lipinski definition) is 4. The van der Waals surface area contributed by atoms with Gasteiger partial charge in [-0.25, -0.2) is 4.79 Å². The van der Waals surface area contributed by atoms with Crippen molar-refractivity contribution in [3.05, 3.63) is 23.5 Å². The fourth-order valence-corrected chi connectivity index (χ4v) is 9.12. The highest BCUT2D eigenvalue weighted by Crippen LogP contribution is 2.70. The third-order valence-electron chi connectivity index (χ3n) is 10.2. The molecular weight excluding hydrogens is 388 g/mol. The molecule has 0 radical (unpaired) electrons. The second-order valence-electron chi connectivity index (χ2n) is 12.2. The normalized spacial score (nSPS) is 45.6. The maximum absolute atomic E-state index is 12.0. The first-order valence-corrected chi connectivity index (χ1v) is 12.4. The largest absolute Gasteiger partial charge is 0.458 e. The predicted octanol–water partition coefficient (Wildman–Crippen LogP) is 5.96. The van der Waals surface area contributed by atoms with Crippen LogP contribution in [-0.2, 0) is 19.1 Å². The van der Waals surface area contributed by atoms with E-state index >= 15 is 0 Å². The molecule has 0 spiro atoms. The standard InChI is InChI=1S/C27H38O4/c1-16(28)30-21-15-19-17(13-20-18(21)14-24(29)31-20)7-8-23-26(19,4)12-9-22-25(2,3)10-6-11-27(22,23)5/h13-14,17,19,21-23H,6-12,15H2,1-5H3. The number of fused-ring (bicyclic) bond motifs is 6. The Morgan fingerprint density at radius 3 is 2.55 bits per heavy atom. The fourth-order valence-electron chi connectivity index (χ4n) is 9.12. The summed E-state index contributed by atoms with van der Waals surface area (Å²) in [6.45, 7) is 11.6. The van der Waals surface area contributed by atoms with Gasteiger partial charge in [0.25, 0.3) is 0 Å². The molecule has 3 saturated carbocycles. The summed E-state index contributed by atoms with van der Waals surface area (Å²) >= 11 is 0. The second kappa shape index (κ2) is 6.96. The molecule has 0 bridgehead atoms. The van der Waals surface area contributed by atoms with Gasteiger partial charge in [-0.2, -0.15) is 0 Å². The average Bonchev–Trinajstić information content (AvgIpc) is 2.95. The number of carbonyl (C=O) groups is 2. The Hall–Kier alpha value is -1.58. The van der Waals surface area contributed by atoms with E-state index in [0.717, 1.165) is 24.3 Å². The number of allylic oxidation sites excluding steroid dienone is 1. The number of esters is 2. The van der Waals surface area contributed by atoms with Crippen LogP contribution in [0.2, 0.25) is 0 Å². The molecule has 4 aliphatic carbocycles. The predicted molar refractivity (Wildman–Crippen MR) is 119 cm³/mol. The van der Waals surface area contributed by atoms with Gasteiger partial charge in [0.2, 0.25) is 0 Å². The first kappa shape index (κ1) is 21.3. The van der Waals surface area contributed by atoms with Gasteiger partial charge in [-0.3, -0.25) is 4.79 Å². The summed E-state index contributed by atoms with van der Waals surface area (Å²) in [7, 11) is 0. The van der Waals surface area contributed by atoms with Gasteiger partial charge in [0.05, 0.1) is 0 Å². The Kier molecular flexibility index (Phi) is 4.77. The molecule has 5 rings (SSSR count). The lowest BCUT2D eigenvalue weighted by Gasteiger charge is -2.66. The van der Waals surface area contributed by atoms with Crippen molar-refractivity contribution < 1.29 is 19.1 Å². The molecule has 4 heteroatoms. The summed E-state index contributed by atoms with van der Waals surface area (Å²) in [6, 6.07) is 0. The van der Waals surface area contributed by atoms with Crippen LogP contribution in [0.15, 0.2) is 23.5 Å². The molecule has 0 aromatic carbocycles. The van der Waals surface area contributed by atoms with Crippen molar-refractivity contribution in [3.8, 4) is 0 Å². The molecule has 31 heavy (non-hydrogen) atoms. The highest BCUT2D eigenvalue weighted by Gasteiger charge is 2.62. The van der Waals surface area contributed by atoms with Gasteiger partial charge in [-0.05, 0) is 90.9 Å². The van der Waals surface area contributed by atoms with Crippen molar-refractivity contribution in [1.29, 1.82) is 0 Å². The molecular formula is C27H38O4. The van der Waals surface area contributed by atoms with Crippen molar-refractivity contribution >= 4 is 11.9 Å². The number of hydrogen-bond donors (Lipinski definition) is 0. The molecule has 170 valence electrons. The van der Waals surface area contributed by atoms with Crippen LogP contribution in [0.1, 0.15) is 86.0 Å². The Morgan fingerprint density at radius 2 is 1.81 bits per heavy atom. The topological polar surface area (TPSA) is 52.6 Å². The summed E-state index contributed by atoms with van der Waals surface area (Å²) in [6.07, 6.45) is 13.1. The van der Waals surface area contributed by atoms with Crippen LogP contribution in [0, 0.1) is 39.9 Å². The maximum Gasteiger partial charge on any atom is 0.336 e. The Bertz CT molecular complexity index is 866. The van der Waals surface area contributed by atoms with Crippen molar-refractivity contribution in [2.24, 2.45) is 39.9 Å². The molecule has 7 atom stereocenters. The van der Waals surface area contributed by atoms with Gasteiger partial charge < -0.3 is 9.47 Å². The van der Waals surface area contributed by atoms with E-state index < -0.39 is 0 Å². The lowest BCUT2D eigenvalue weighted by atomic mass is 9.38. The van der Waals surface area contributed by atoms with Crippen LogP contribution < -0.4 is 0 Å². The van der Waals surface area contributed by atoms with Crippen molar-refractivity contribution in [2.45, 2.75) is 92.1 Å². The smallest absolute Gasteiger partial charge is 0.336 e. The quantitative estimate of drug-likeness (QED) is 0.485. The highest BCUT2D eigenvalue weighted by molar-refractivity contribution is 5.89. The lowest BCUT2D eigenvalue weighted by Crippen LogP contribution is -2.59. The molecule has 0 N–H and O–H groups in total. The third-order valence-corrected chi connectivity index (χ3v) is 10.2. The summed E-state index contributed by atoms with van der Waals surface area (Å²) in [4.78, 5) is 23.9. The molecule has 0 aromatic heterocycles. The third kappa shape index (κ3) is 3.15.